The van der Waals surface area contributed by atoms with E-state index in [0.717, 1.165) is 17.7 Å². The second kappa shape index (κ2) is 8.35. The second-order valence-corrected chi connectivity index (χ2v) is 6.74. The Bertz CT molecular complexity index is 1250. The van der Waals surface area contributed by atoms with E-state index in [0.29, 0.717) is 16.7 Å². The summed E-state index contributed by atoms with van der Waals surface area (Å²) in [6.45, 7) is 1.30. The van der Waals surface area contributed by atoms with E-state index in [2.05, 4.69) is 10.5 Å². The van der Waals surface area contributed by atoms with Crippen molar-refractivity contribution in [1.82, 2.24) is 5.16 Å². The van der Waals surface area contributed by atoms with Gasteiger partial charge in [0.2, 0.25) is 0 Å². The summed E-state index contributed by atoms with van der Waals surface area (Å²) in [7, 11) is 0. The van der Waals surface area contributed by atoms with Gasteiger partial charge >= 0.3 is 5.97 Å². The van der Waals surface area contributed by atoms with Crippen LogP contribution in [0.1, 0.15) is 17.3 Å². The molecule has 1 aromatic heterocycles. The van der Waals surface area contributed by atoms with Crippen molar-refractivity contribution in [2.45, 2.75) is 13.0 Å². The Morgan fingerprint density at radius 3 is 2.42 bits per heavy atom. The predicted molar refractivity (Wildman–Crippen MR) is 109 cm³/mol. The van der Waals surface area contributed by atoms with E-state index in [-0.39, 0.29) is 5.56 Å². The molecule has 1 N–H and O–H groups in total. The average Bonchev–Trinajstić information content (AvgIpc) is 3.20. The number of hydrogen-bond acceptors (Lipinski definition) is 5. The Kier molecular flexibility index (Phi) is 5.44. The fourth-order valence-corrected chi connectivity index (χ4v) is 2.99. The molecule has 0 aliphatic heterocycles. The van der Waals surface area contributed by atoms with Gasteiger partial charge in [-0.2, -0.15) is 0 Å². The minimum absolute atomic E-state index is 0.171. The maximum Gasteiger partial charge on any atom is 0.338 e. The van der Waals surface area contributed by atoms with Crippen molar-refractivity contribution < 1.29 is 27.6 Å². The monoisotopic (exact) mass is 422 g/mol. The van der Waals surface area contributed by atoms with E-state index < -0.39 is 35.3 Å². The van der Waals surface area contributed by atoms with E-state index >= 15 is 0 Å². The number of ether oxygens (including phenoxy) is 1. The number of benzene rings is 3. The first-order valence-electron chi connectivity index (χ1n) is 9.35. The number of nitrogens with zero attached hydrogens (tertiary/aromatic N) is 1. The molecule has 4 rings (SSSR count). The van der Waals surface area contributed by atoms with Gasteiger partial charge in [0.25, 0.3) is 5.91 Å². The van der Waals surface area contributed by atoms with Crippen LogP contribution < -0.4 is 5.32 Å². The molecule has 1 unspecified atom stereocenters. The third kappa shape index (κ3) is 4.13. The molecule has 0 saturated heterocycles. The zero-order valence-corrected chi connectivity index (χ0v) is 16.3. The van der Waals surface area contributed by atoms with Crippen LogP contribution in [0.4, 0.5) is 14.5 Å². The maximum absolute atomic E-state index is 13.7. The summed E-state index contributed by atoms with van der Waals surface area (Å²) in [5.41, 5.74) is 0.907. The van der Waals surface area contributed by atoms with Crippen molar-refractivity contribution in [3.05, 3.63) is 83.9 Å². The highest BCUT2D eigenvalue weighted by molar-refractivity contribution is 6.01. The van der Waals surface area contributed by atoms with Crippen LogP contribution in [-0.2, 0) is 9.53 Å². The van der Waals surface area contributed by atoms with Gasteiger partial charge in [-0.25, -0.2) is 13.6 Å². The number of esters is 1. The molecule has 0 saturated carbocycles. The van der Waals surface area contributed by atoms with Gasteiger partial charge in [0.05, 0.1) is 10.9 Å². The molecule has 31 heavy (non-hydrogen) atoms. The highest BCUT2D eigenvalue weighted by atomic mass is 19.1. The second-order valence-electron chi connectivity index (χ2n) is 6.74. The molecule has 156 valence electrons. The van der Waals surface area contributed by atoms with Gasteiger partial charge in [-0.15, -0.1) is 0 Å². The first-order chi connectivity index (χ1) is 14.9. The summed E-state index contributed by atoms with van der Waals surface area (Å²) in [5, 5.41) is 6.69. The summed E-state index contributed by atoms with van der Waals surface area (Å²) in [6, 6.07) is 17.1. The Morgan fingerprint density at radius 2 is 1.71 bits per heavy atom. The number of anilines is 1. The van der Waals surface area contributed by atoms with Gasteiger partial charge in [0, 0.05) is 5.56 Å². The lowest BCUT2D eigenvalue weighted by Gasteiger charge is -2.14. The molecule has 3 aromatic carbocycles. The lowest BCUT2D eigenvalue weighted by Crippen LogP contribution is -2.30. The highest BCUT2D eigenvalue weighted by Crippen LogP contribution is 2.29. The molecular weight excluding hydrogens is 406 g/mol. The van der Waals surface area contributed by atoms with Gasteiger partial charge in [-0.1, -0.05) is 41.6 Å². The number of carbonyl (C=O) groups excluding carboxylic acids is 2. The first kappa shape index (κ1) is 20.2. The van der Waals surface area contributed by atoms with Gasteiger partial charge in [-0.05, 0) is 37.3 Å². The SMILES string of the molecule is CC(OC(=O)c1ccc2noc(-c3ccccc3)c2c1)C(=O)Nc1c(F)cccc1F. The van der Waals surface area contributed by atoms with Crippen molar-refractivity contribution in [2.75, 3.05) is 5.32 Å². The third-order valence-corrected chi connectivity index (χ3v) is 4.61. The van der Waals surface area contributed by atoms with Crippen LogP contribution in [0.15, 0.2) is 71.3 Å². The van der Waals surface area contributed by atoms with Crippen LogP contribution >= 0.6 is 0 Å². The minimum Gasteiger partial charge on any atom is -0.449 e. The zero-order valence-electron chi connectivity index (χ0n) is 16.3. The van der Waals surface area contributed by atoms with E-state index in [1.165, 1.54) is 19.1 Å². The maximum atomic E-state index is 13.7. The number of rotatable bonds is 5. The largest absolute Gasteiger partial charge is 0.449 e. The molecule has 0 spiro atoms. The molecule has 1 atom stereocenters. The molecule has 8 heteroatoms. The summed E-state index contributed by atoms with van der Waals surface area (Å²) < 4.78 is 38.0. The van der Waals surface area contributed by atoms with Crippen molar-refractivity contribution in [2.24, 2.45) is 0 Å². The number of amides is 1. The van der Waals surface area contributed by atoms with Gasteiger partial charge in [0.1, 0.15) is 22.8 Å². The van der Waals surface area contributed by atoms with Crippen LogP contribution in [0, 0.1) is 11.6 Å². The lowest BCUT2D eigenvalue weighted by atomic mass is 10.1. The Labute approximate surface area is 175 Å². The molecule has 1 heterocycles. The standard InChI is InChI=1S/C23H16F2N2O4/c1-13(22(28)26-20-17(24)8-5-9-18(20)25)30-23(29)15-10-11-19-16(12-15)21(31-27-19)14-6-3-2-4-7-14/h2-13H,1H3,(H,26,28). The fourth-order valence-electron chi connectivity index (χ4n) is 2.99. The molecule has 0 aliphatic carbocycles. The van der Waals surface area contributed by atoms with Crippen molar-refractivity contribution in [3.8, 4) is 11.3 Å². The van der Waals surface area contributed by atoms with E-state index in [9.17, 15) is 18.4 Å². The van der Waals surface area contributed by atoms with Crippen LogP contribution in [0.5, 0.6) is 0 Å². The van der Waals surface area contributed by atoms with Gasteiger partial charge in [-0.3, -0.25) is 4.79 Å². The van der Waals surface area contributed by atoms with Crippen molar-refractivity contribution >= 4 is 28.5 Å². The van der Waals surface area contributed by atoms with Gasteiger partial charge < -0.3 is 14.6 Å². The van der Waals surface area contributed by atoms with Gasteiger partial charge in [0.15, 0.2) is 11.9 Å². The summed E-state index contributed by atoms with van der Waals surface area (Å²) in [6.07, 6.45) is -1.29. The third-order valence-electron chi connectivity index (χ3n) is 4.61. The van der Waals surface area contributed by atoms with Crippen molar-refractivity contribution in [3.63, 3.8) is 0 Å². The molecule has 1 amide bonds. The number of nitrogens with one attached hydrogen (secondary N) is 1. The number of fused-ring (bicyclic) bond motifs is 1. The smallest absolute Gasteiger partial charge is 0.338 e. The summed E-state index contributed by atoms with van der Waals surface area (Å²) in [5.74, 6) is -3.02. The van der Waals surface area contributed by atoms with Crippen LogP contribution in [0.2, 0.25) is 0 Å². The molecule has 0 bridgehead atoms. The Morgan fingerprint density at radius 1 is 1.00 bits per heavy atom. The highest BCUT2D eigenvalue weighted by Gasteiger charge is 2.22. The number of hydrogen-bond donors (Lipinski definition) is 1. The molecule has 0 fully saturated rings. The van der Waals surface area contributed by atoms with Crippen molar-refractivity contribution in [1.29, 1.82) is 0 Å². The Balaban J connectivity index is 1.52. The topological polar surface area (TPSA) is 81.4 Å². The lowest BCUT2D eigenvalue weighted by molar-refractivity contribution is -0.123. The number of aromatic nitrogens is 1. The van der Waals surface area contributed by atoms with E-state index in [1.54, 1.807) is 12.1 Å². The number of carbonyl (C=O) groups is 2. The predicted octanol–water partition coefficient (Wildman–Crippen LogP) is 4.96. The summed E-state index contributed by atoms with van der Waals surface area (Å²) in [4.78, 5) is 24.8. The van der Waals surface area contributed by atoms with Crippen LogP contribution in [0.3, 0.4) is 0 Å². The molecular formula is C23H16F2N2O4. The van der Waals surface area contributed by atoms with Crippen LogP contribution in [-0.4, -0.2) is 23.1 Å². The number of halogens is 2. The quantitative estimate of drug-likeness (QED) is 0.460. The molecule has 0 radical (unpaired) electrons. The first-order valence-corrected chi connectivity index (χ1v) is 9.35. The molecule has 0 aliphatic rings. The number of para-hydroxylation sites is 1. The normalized spacial score (nSPS) is 11.8. The molecule has 6 nitrogen and oxygen atoms in total. The van der Waals surface area contributed by atoms with E-state index in [4.69, 9.17) is 9.26 Å². The minimum atomic E-state index is -1.29. The fraction of sp³-hybridized carbons (Fsp3) is 0.0870. The van der Waals surface area contributed by atoms with E-state index in [1.807, 2.05) is 30.3 Å². The Hall–Kier alpha value is -4.07. The summed E-state index contributed by atoms with van der Waals surface area (Å²) >= 11 is 0. The zero-order chi connectivity index (χ0) is 22.0. The average molecular weight is 422 g/mol. The van der Waals surface area contributed by atoms with Crippen LogP contribution in [0.25, 0.3) is 22.2 Å². The molecule has 4 aromatic rings.